The lowest BCUT2D eigenvalue weighted by molar-refractivity contribution is -0.182. The summed E-state index contributed by atoms with van der Waals surface area (Å²) in [7, 11) is 0. The fraction of sp³-hybridized carbons (Fsp3) is 0.800. The van der Waals surface area contributed by atoms with Crippen molar-refractivity contribution in [2.24, 2.45) is 11.3 Å². The number of rotatable bonds is 6. The van der Waals surface area contributed by atoms with Gasteiger partial charge in [-0.15, -0.1) is 10.2 Å². The Kier molecular flexibility index (Phi) is 5.30. The number of hydrogen-bond acceptors (Lipinski definition) is 4. The number of halogens is 3. The average molecular weight is 329 g/mol. The molecule has 2 heterocycles. The van der Waals surface area contributed by atoms with Crippen molar-refractivity contribution in [1.82, 2.24) is 20.1 Å². The van der Waals surface area contributed by atoms with Crippen molar-refractivity contribution in [3.63, 3.8) is 0 Å². The quantitative estimate of drug-likeness (QED) is 0.871. The summed E-state index contributed by atoms with van der Waals surface area (Å²) < 4.78 is 40.3. The van der Waals surface area contributed by atoms with Crippen LogP contribution in [-0.4, -0.2) is 27.5 Å². The van der Waals surface area contributed by atoms with Gasteiger partial charge in [0.05, 0.1) is 18.5 Å². The van der Waals surface area contributed by atoms with Crippen LogP contribution in [0, 0.1) is 22.7 Å². The van der Waals surface area contributed by atoms with E-state index in [4.69, 9.17) is 5.26 Å². The van der Waals surface area contributed by atoms with Gasteiger partial charge in [0.25, 0.3) is 0 Å². The highest BCUT2D eigenvalue weighted by Gasteiger charge is 2.42. The summed E-state index contributed by atoms with van der Waals surface area (Å²) in [4.78, 5) is 0. The summed E-state index contributed by atoms with van der Waals surface area (Å²) in [5, 5.41) is 19.9. The fourth-order valence-corrected chi connectivity index (χ4v) is 2.78. The summed E-state index contributed by atoms with van der Waals surface area (Å²) in [5.74, 6) is -0.145. The van der Waals surface area contributed by atoms with Gasteiger partial charge in [-0.3, -0.25) is 0 Å². The van der Waals surface area contributed by atoms with E-state index in [1.165, 1.54) is 0 Å². The molecule has 128 valence electrons. The van der Waals surface area contributed by atoms with Crippen molar-refractivity contribution in [2.45, 2.75) is 58.8 Å². The molecule has 5 nitrogen and oxygen atoms in total. The largest absolute Gasteiger partial charge is 0.393 e. The summed E-state index contributed by atoms with van der Waals surface area (Å²) in [6.07, 6.45) is -2.53. The topological polar surface area (TPSA) is 66.5 Å². The summed E-state index contributed by atoms with van der Waals surface area (Å²) in [6.45, 7) is 5.06. The molecule has 1 aliphatic rings. The highest BCUT2D eigenvalue weighted by atomic mass is 19.4. The van der Waals surface area contributed by atoms with E-state index in [1.54, 1.807) is 4.57 Å². The van der Waals surface area contributed by atoms with Crippen LogP contribution < -0.4 is 5.32 Å². The first-order valence-electron chi connectivity index (χ1n) is 7.78. The number of aromatic nitrogens is 3. The normalized spacial score (nSPS) is 18.5. The maximum absolute atomic E-state index is 12.9. The van der Waals surface area contributed by atoms with Gasteiger partial charge >= 0.3 is 6.18 Å². The summed E-state index contributed by atoms with van der Waals surface area (Å²) in [5.41, 5.74) is -0.0466. The number of nitriles is 1. The maximum atomic E-state index is 12.9. The number of fused-ring (bicyclic) bond motifs is 1. The van der Waals surface area contributed by atoms with Crippen LogP contribution in [-0.2, 0) is 19.5 Å². The Bertz CT molecular complexity index is 571. The molecule has 1 aromatic heterocycles. The highest BCUT2D eigenvalue weighted by Crippen LogP contribution is 2.34. The second kappa shape index (κ2) is 6.87. The van der Waals surface area contributed by atoms with Crippen molar-refractivity contribution in [2.75, 3.05) is 6.54 Å². The van der Waals surface area contributed by atoms with Crippen LogP contribution in [0.3, 0.4) is 0 Å². The molecule has 0 aliphatic carbocycles. The van der Waals surface area contributed by atoms with E-state index in [9.17, 15) is 13.2 Å². The molecule has 1 atom stereocenters. The van der Waals surface area contributed by atoms with Gasteiger partial charge in [0, 0.05) is 25.9 Å². The Labute approximate surface area is 133 Å². The van der Waals surface area contributed by atoms with Gasteiger partial charge in [-0.1, -0.05) is 13.8 Å². The van der Waals surface area contributed by atoms with Crippen molar-refractivity contribution >= 4 is 0 Å². The van der Waals surface area contributed by atoms with Crippen molar-refractivity contribution in [1.29, 1.82) is 5.26 Å². The zero-order valence-corrected chi connectivity index (χ0v) is 13.4. The van der Waals surface area contributed by atoms with E-state index < -0.39 is 12.1 Å². The molecule has 0 saturated carbocycles. The van der Waals surface area contributed by atoms with Crippen LogP contribution >= 0.6 is 0 Å². The molecule has 8 heteroatoms. The van der Waals surface area contributed by atoms with E-state index in [-0.39, 0.29) is 18.4 Å². The average Bonchev–Trinajstić information content (AvgIpc) is 2.87. The van der Waals surface area contributed by atoms with Gasteiger partial charge in [0.2, 0.25) is 0 Å². The zero-order valence-electron chi connectivity index (χ0n) is 13.4. The molecule has 0 bridgehead atoms. The lowest BCUT2D eigenvalue weighted by atomic mass is 9.88. The van der Waals surface area contributed by atoms with E-state index in [2.05, 4.69) is 35.4 Å². The van der Waals surface area contributed by atoms with Crippen LogP contribution in [0.5, 0.6) is 0 Å². The SMILES string of the molecule is CC(C)(CCC#N)CNCc1nnc2n1CC(C(F)(F)F)CC2. The fourth-order valence-electron chi connectivity index (χ4n) is 2.78. The number of hydrogen-bond donors (Lipinski definition) is 1. The molecule has 0 fully saturated rings. The third-order valence-corrected chi connectivity index (χ3v) is 4.29. The van der Waals surface area contributed by atoms with Gasteiger partial charge in [-0.2, -0.15) is 18.4 Å². The first-order valence-corrected chi connectivity index (χ1v) is 7.78. The zero-order chi connectivity index (χ0) is 17.1. The molecule has 1 N–H and O–H groups in total. The Morgan fingerprint density at radius 1 is 1.35 bits per heavy atom. The van der Waals surface area contributed by atoms with Gasteiger partial charge < -0.3 is 9.88 Å². The summed E-state index contributed by atoms with van der Waals surface area (Å²) in [6, 6.07) is 2.13. The molecule has 0 radical (unpaired) electrons. The van der Waals surface area contributed by atoms with Crippen LogP contribution in [0.2, 0.25) is 0 Å². The lowest BCUT2D eigenvalue weighted by Crippen LogP contribution is -2.34. The van der Waals surface area contributed by atoms with E-state index in [0.717, 1.165) is 6.42 Å². The molecular weight excluding hydrogens is 307 g/mol. The van der Waals surface area contributed by atoms with Crippen molar-refractivity contribution < 1.29 is 13.2 Å². The van der Waals surface area contributed by atoms with Crippen LogP contribution in [0.25, 0.3) is 0 Å². The first-order chi connectivity index (χ1) is 10.7. The number of nitrogens with one attached hydrogen (secondary N) is 1. The van der Waals surface area contributed by atoms with Gasteiger partial charge in [0.15, 0.2) is 0 Å². The number of aryl methyl sites for hydroxylation is 1. The molecule has 1 unspecified atom stereocenters. The van der Waals surface area contributed by atoms with Crippen LogP contribution in [0.4, 0.5) is 13.2 Å². The highest BCUT2D eigenvalue weighted by molar-refractivity contribution is 5.01. The molecule has 2 rings (SSSR count). The second-order valence-electron chi connectivity index (χ2n) is 6.85. The smallest absolute Gasteiger partial charge is 0.313 e. The van der Waals surface area contributed by atoms with Gasteiger partial charge in [-0.05, 0) is 18.3 Å². The predicted molar refractivity (Wildman–Crippen MR) is 78.2 cm³/mol. The van der Waals surface area contributed by atoms with Crippen molar-refractivity contribution in [3.05, 3.63) is 11.6 Å². The van der Waals surface area contributed by atoms with Crippen LogP contribution in [0.15, 0.2) is 0 Å². The number of alkyl halides is 3. The third-order valence-electron chi connectivity index (χ3n) is 4.29. The predicted octanol–water partition coefficient (Wildman–Crippen LogP) is 2.82. The second-order valence-corrected chi connectivity index (χ2v) is 6.85. The number of nitrogens with zero attached hydrogens (tertiary/aromatic N) is 4. The minimum Gasteiger partial charge on any atom is -0.313 e. The molecule has 1 aliphatic heterocycles. The Balaban J connectivity index is 1.94. The summed E-state index contributed by atoms with van der Waals surface area (Å²) >= 11 is 0. The Hall–Kier alpha value is -1.62. The molecule has 0 amide bonds. The van der Waals surface area contributed by atoms with E-state index in [0.29, 0.717) is 37.6 Å². The minimum atomic E-state index is -4.17. The van der Waals surface area contributed by atoms with Gasteiger partial charge in [0.1, 0.15) is 11.6 Å². The maximum Gasteiger partial charge on any atom is 0.393 e. The Morgan fingerprint density at radius 2 is 2.09 bits per heavy atom. The van der Waals surface area contributed by atoms with Crippen LogP contribution in [0.1, 0.15) is 44.8 Å². The standard InChI is InChI=1S/C15H22F3N5/c1-14(2,6-3-7-19)10-20-8-13-22-21-12-5-4-11(9-23(12)13)15(16,17)18/h11,20H,3-6,8-10H2,1-2H3. The minimum absolute atomic E-state index is 0.0466. The Morgan fingerprint density at radius 3 is 2.74 bits per heavy atom. The van der Waals surface area contributed by atoms with Crippen molar-refractivity contribution in [3.8, 4) is 6.07 Å². The molecule has 0 aromatic carbocycles. The molecule has 0 spiro atoms. The molecule has 23 heavy (non-hydrogen) atoms. The van der Waals surface area contributed by atoms with E-state index in [1.807, 2.05) is 0 Å². The first kappa shape index (κ1) is 17.7. The third kappa shape index (κ3) is 4.67. The van der Waals surface area contributed by atoms with E-state index >= 15 is 0 Å². The molecule has 1 aromatic rings. The van der Waals surface area contributed by atoms with Gasteiger partial charge in [-0.25, -0.2) is 0 Å². The lowest BCUT2D eigenvalue weighted by Gasteiger charge is -2.27. The monoisotopic (exact) mass is 329 g/mol. The molecule has 0 saturated heterocycles. The molecular formula is C15H22F3N5.